The first kappa shape index (κ1) is 23.6. The number of rotatable bonds is 7. The number of ether oxygens (including phenoxy) is 1. The topological polar surface area (TPSA) is 41.9 Å². The molecular weight excluding hydrogens is 444 g/mol. The smallest absolute Gasteiger partial charge is 0.336 e. The molecule has 1 aliphatic rings. The number of hydrogen-bond donors (Lipinski definition) is 0. The molecule has 3 atom stereocenters. The summed E-state index contributed by atoms with van der Waals surface area (Å²) in [6.45, 7) is 4.43. The van der Waals surface area contributed by atoms with Crippen molar-refractivity contribution >= 4 is 11.8 Å². The Morgan fingerprint density at radius 2 is 1.36 bits per heavy atom. The van der Waals surface area contributed by atoms with Crippen molar-refractivity contribution in [3.8, 4) is 0 Å². The van der Waals surface area contributed by atoms with E-state index in [-0.39, 0.29) is 18.1 Å². The average molecular weight is 475 g/mol. The summed E-state index contributed by atoms with van der Waals surface area (Å²) in [6.07, 6.45) is -0.384. The lowest BCUT2D eigenvalue weighted by Crippen LogP contribution is -2.44. The van der Waals surface area contributed by atoms with Gasteiger partial charge in [0, 0.05) is 12.1 Å². The molecule has 5 rings (SSSR count). The molecule has 0 aromatic heterocycles. The Labute approximate surface area is 212 Å². The highest BCUT2D eigenvalue weighted by atomic mass is 16.5. The fourth-order valence-electron chi connectivity index (χ4n) is 4.90. The molecule has 36 heavy (non-hydrogen) atoms. The van der Waals surface area contributed by atoms with Gasteiger partial charge in [0.15, 0.2) is 5.54 Å². The van der Waals surface area contributed by atoms with Crippen LogP contribution in [0.5, 0.6) is 0 Å². The molecule has 0 fully saturated rings. The maximum Gasteiger partial charge on any atom is 0.336 e. The molecule has 4 aromatic rings. The van der Waals surface area contributed by atoms with E-state index in [2.05, 4.69) is 29.2 Å². The van der Waals surface area contributed by atoms with Crippen molar-refractivity contribution in [1.82, 2.24) is 4.90 Å². The van der Waals surface area contributed by atoms with Gasteiger partial charge < -0.3 is 9.64 Å². The van der Waals surface area contributed by atoms with E-state index in [0.29, 0.717) is 6.54 Å². The number of aliphatic imine (C=N–C) groups is 1. The van der Waals surface area contributed by atoms with Crippen LogP contribution in [0.4, 0.5) is 0 Å². The molecular formula is C32H30N2O2. The summed E-state index contributed by atoms with van der Waals surface area (Å²) < 4.78 is 6.09. The molecule has 1 aliphatic heterocycles. The minimum atomic E-state index is -1.13. The van der Waals surface area contributed by atoms with E-state index in [0.717, 1.165) is 28.1 Å². The van der Waals surface area contributed by atoms with Crippen LogP contribution in [0.1, 0.15) is 48.2 Å². The summed E-state index contributed by atoms with van der Waals surface area (Å²) in [4.78, 5) is 21.3. The summed E-state index contributed by atoms with van der Waals surface area (Å²) >= 11 is 0. The van der Waals surface area contributed by atoms with Gasteiger partial charge >= 0.3 is 5.97 Å². The molecule has 4 heteroatoms. The third-order valence-electron chi connectivity index (χ3n) is 6.76. The van der Waals surface area contributed by atoms with E-state index in [1.807, 2.05) is 111 Å². The molecule has 0 saturated carbocycles. The monoisotopic (exact) mass is 474 g/mol. The average Bonchev–Trinajstić information content (AvgIpc) is 3.23. The largest absolute Gasteiger partial charge is 0.456 e. The normalized spacial score (nSPS) is 20.0. The fourth-order valence-corrected chi connectivity index (χ4v) is 4.90. The summed E-state index contributed by atoms with van der Waals surface area (Å²) in [5, 5.41) is 0. The Morgan fingerprint density at radius 3 is 1.97 bits per heavy atom. The van der Waals surface area contributed by atoms with Crippen LogP contribution in [-0.2, 0) is 16.1 Å². The molecule has 0 radical (unpaired) electrons. The highest BCUT2D eigenvalue weighted by molar-refractivity contribution is 6.04. The molecule has 0 bridgehead atoms. The second-order valence-electron chi connectivity index (χ2n) is 9.33. The minimum Gasteiger partial charge on any atom is -0.456 e. The van der Waals surface area contributed by atoms with Gasteiger partial charge in [-0.2, -0.15) is 0 Å². The molecule has 0 aliphatic carbocycles. The number of amidine groups is 1. The SMILES string of the molecule is C[C@@H](OC(=O)[C@@]1(C)N=C(c2ccccc2)N(Cc2ccccc2)[C@H]1c1ccccc1)c1ccccc1. The van der Waals surface area contributed by atoms with Gasteiger partial charge in [0.25, 0.3) is 0 Å². The first-order chi connectivity index (χ1) is 17.6. The second kappa shape index (κ2) is 10.2. The highest BCUT2D eigenvalue weighted by Gasteiger charge is 2.53. The third kappa shape index (κ3) is 4.67. The Bertz CT molecular complexity index is 1320. The molecule has 0 saturated heterocycles. The first-order valence-corrected chi connectivity index (χ1v) is 12.3. The van der Waals surface area contributed by atoms with Crippen molar-refractivity contribution in [3.63, 3.8) is 0 Å². The highest BCUT2D eigenvalue weighted by Crippen LogP contribution is 2.44. The predicted octanol–water partition coefficient (Wildman–Crippen LogP) is 6.75. The van der Waals surface area contributed by atoms with Crippen molar-refractivity contribution in [2.75, 3.05) is 0 Å². The molecule has 4 nitrogen and oxygen atoms in total. The van der Waals surface area contributed by atoms with E-state index in [9.17, 15) is 4.79 Å². The number of carbonyl (C=O) groups is 1. The maximum absolute atomic E-state index is 14.0. The van der Waals surface area contributed by atoms with Gasteiger partial charge in [-0.1, -0.05) is 121 Å². The lowest BCUT2D eigenvalue weighted by atomic mass is 9.87. The van der Waals surface area contributed by atoms with Crippen LogP contribution >= 0.6 is 0 Å². The number of esters is 1. The standard InChI is InChI=1S/C32H30N2O2/c1-24(26-17-9-4-10-18-26)36-31(35)32(2)29(27-19-11-5-12-20-27)34(23-25-15-7-3-8-16-25)30(33-32)28-21-13-6-14-22-28/h3-22,24,29H,23H2,1-2H3/t24-,29+,32+/m1/s1. The Hall–Kier alpha value is -4.18. The van der Waals surface area contributed by atoms with Crippen LogP contribution < -0.4 is 0 Å². The summed E-state index contributed by atoms with van der Waals surface area (Å²) in [5.41, 5.74) is 2.97. The van der Waals surface area contributed by atoms with Crippen molar-refractivity contribution in [1.29, 1.82) is 0 Å². The van der Waals surface area contributed by atoms with Gasteiger partial charge in [0.2, 0.25) is 0 Å². The van der Waals surface area contributed by atoms with Crippen molar-refractivity contribution < 1.29 is 9.53 Å². The molecule has 180 valence electrons. The second-order valence-corrected chi connectivity index (χ2v) is 9.33. The first-order valence-electron chi connectivity index (χ1n) is 12.3. The third-order valence-corrected chi connectivity index (χ3v) is 6.76. The summed E-state index contributed by atoms with van der Waals surface area (Å²) in [6, 6.07) is 40.0. The van der Waals surface area contributed by atoms with Crippen molar-refractivity contribution in [2.45, 2.75) is 38.1 Å². The zero-order chi connectivity index (χ0) is 25.0. The van der Waals surface area contributed by atoms with Gasteiger partial charge in [-0.15, -0.1) is 0 Å². The number of hydrogen-bond acceptors (Lipinski definition) is 4. The molecule has 0 N–H and O–H groups in total. The van der Waals surface area contributed by atoms with Crippen LogP contribution in [0.3, 0.4) is 0 Å². The summed E-state index contributed by atoms with van der Waals surface area (Å²) in [5.74, 6) is 0.455. The lowest BCUT2D eigenvalue weighted by Gasteiger charge is -2.35. The van der Waals surface area contributed by atoms with Gasteiger partial charge in [-0.25, -0.2) is 9.79 Å². The number of carbonyl (C=O) groups excluding carboxylic acids is 1. The molecule has 1 heterocycles. The Kier molecular flexibility index (Phi) is 6.68. The van der Waals surface area contributed by atoms with E-state index < -0.39 is 5.54 Å². The minimum absolute atomic E-state index is 0.329. The molecule has 0 unspecified atom stereocenters. The molecule has 0 amide bonds. The zero-order valence-electron chi connectivity index (χ0n) is 20.6. The van der Waals surface area contributed by atoms with E-state index >= 15 is 0 Å². The molecule has 4 aromatic carbocycles. The Balaban J connectivity index is 1.59. The van der Waals surface area contributed by atoms with Gasteiger partial charge in [-0.3, -0.25) is 0 Å². The quantitative estimate of drug-likeness (QED) is 0.278. The van der Waals surface area contributed by atoms with E-state index in [4.69, 9.17) is 9.73 Å². The van der Waals surface area contributed by atoms with E-state index in [1.54, 1.807) is 0 Å². The number of nitrogens with zero attached hydrogens (tertiary/aromatic N) is 2. The summed E-state index contributed by atoms with van der Waals surface area (Å²) in [7, 11) is 0. The van der Waals surface area contributed by atoms with Crippen molar-refractivity contribution in [2.24, 2.45) is 4.99 Å². The van der Waals surface area contributed by atoms with Crippen molar-refractivity contribution in [3.05, 3.63) is 144 Å². The fraction of sp³-hybridized carbons (Fsp3) is 0.188. The number of benzene rings is 4. The van der Waals surface area contributed by atoms with E-state index in [1.165, 1.54) is 0 Å². The lowest BCUT2D eigenvalue weighted by molar-refractivity contribution is -0.156. The van der Waals surface area contributed by atoms with Crippen LogP contribution in [0.15, 0.2) is 126 Å². The van der Waals surface area contributed by atoms with Gasteiger partial charge in [0.1, 0.15) is 11.9 Å². The predicted molar refractivity (Wildman–Crippen MR) is 144 cm³/mol. The van der Waals surface area contributed by atoms with Gasteiger partial charge in [-0.05, 0) is 30.5 Å². The zero-order valence-corrected chi connectivity index (χ0v) is 20.6. The van der Waals surface area contributed by atoms with Crippen LogP contribution in [-0.4, -0.2) is 22.2 Å². The van der Waals surface area contributed by atoms with Crippen LogP contribution in [0, 0.1) is 0 Å². The molecule has 0 spiro atoms. The van der Waals surface area contributed by atoms with Crippen LogP contribution in [0.25, 0.3) is 0 Å². The Morgan fingerprint density at radius 1 is 0.833 bits per heavy atom. The van der Waals surface area contributed by atoms with Crippen LogP contribution in [0.2, 0.25) is 0 Å². The maximum atomic E-state index is 14.0. The van der Waals surface area contributed by atoms with Gasteiger partial charge in [0.05, 0.1) is 6.04 Å².